The van der Waals surface area contributed by atoms with Gasteiger partial charge in [0.1, 0.15) is 5.75 Å². The Hall–Kier alpha value is -2.21. The fourth-order valence-corrected chi connectivity index (χ4v) is 1.80. The highest BCUT2D eigenvalue weighted by atomic mass is 35.5. The molecule has 2 aromatic carbocycles. The van der Waals surface area contributed by atoms with Gasteiger partial charge in [-0.3, -0.25) is 4.79 Å². The standard InChI is InChI=1S/C14H9ClF3NO2/c15-11-5-4-9(14(16,17)18)7-12(11)19-13(21)8-2-1-3-10(20)6-8/h1-7,20H,(H,19,21). The summed E-state index contributed by atoms with van der Waals surface area (Å²) < 4.78 is 37.9. The number of aromatic hydroxyl groups is 1. The van der Waals surface area contributed by atoms with Gasteiger partial charge in [0.2, 0.25) is 0 Å². The largest absolute Gasteiger partial charge is 0.508 e. The first-order valence-electron chi connectivity index (χ1n) is 5.74. The molecule has 0 aromatic heterocycles. The van der Waals surface area contributed by atoms with E-state index in [-0.39, 0.29) is 22.0 Å². The Bertz CT molecular complexity index is 686. The van der Waals surface area contributed by atoms with Crippen LogP contribution in [0.15, 0.2) is 42.5 Å². The zero-order valence-corrected chi connectivity index (χ0v) is 11.2. The molecule has 0 saturated heterocycles. The molecule has 0 atom stereocenters. The number of carbonyl (C=O) groups is 1. The first kappa shape index (κ1) is 15.2. The van der Waals surface area contributed by atoms with Gasteiger partial charge in [0.15, 0.2) is 0 Å². The number of rotatable bonds is 2. The van der Waals surface area contributed by atoms with Crippen molar-refractivity contribution in [2.75, 3.05) is 5.32 Å². The molecule has 1 amide bonds. The number of alkyl halides is 3. The summed E-state index contributed by atoms with van der Waals surface area (Å²) in [6.45, 7) is 0. The van der Waals surface area contributed by atoms with Crippen LogP contribution >= 0.6 is 11.6 Å². The maximum atomic E-state index is 12.6. The van der Waals surface area contributed by atoms with Gasteiger partial charge >= 0.3 is 6.18 Å². The van der Waals surface area contributed by atoms with Crippen LogP contribution in [0.3, 0.4) is 0 Å². The van der Waals surface area contributed by atoms with Crippen molar-refractivity contribution in [1.82, 2.24) is 0 Å². The summed E-state index contributed by atoms with van der Waals surface area (Å²) in [6.07, 6.45) is -4.53. The number of hydrogen-bond donors (Lipinski definition) is 2. The van der Waals surface area contributed by atoms with Crippen LogP contribution in [0.4, 0.5) is 18.9 Å². The molecule has 21 heavy (non-hydrogen) atoms. The zero-order valence-electron chi connectivity index (χ0n) is 10.4. The van der Waals surface area contributed by atoms with Crippen LogP contribution in [0.2, 0.25) is 5.02 Å². The number of phenols is 1. The smallest absolute Gasteiger partial charge is 0.416 e. The van der Waals surface area contributed by atoms with Crippen LogP contribution < -0.4 is 5.32 Å². The number of nitrogens with one attached hydrogen (secondary N) is 1. The lowest BCUT2D eigenvalue weighted by Gasteiger charge is -2.11. The monoisotopic (exact) mass is 315 g/mol. The molecule has 0 saturated carbocycles. The Balaban J connectivity index is 2.29. The number of hydrogen-bond acceptors (Lipinski definition) is 2. The first-order chi connectivity index (χ1) is 9.77. The van der Waals surface area contributed by atoms with Gasteiger partial charge in [-0.05, 0) is 36.4 Å². The lowest BCUT2D eigenvalue weighted by molar-refractivity contribution is -0.137. The maximum Gasteiger partial charge on any atom is 0.416 e. The van der Waals surface area contributed by atoms with Gasteiger partial charge in [-0.15, -0.1) is 0 Å². The highest BCUT2D eigenvalue weighted by Crippen LogP contribution is 2.34. The molecule has 0 unspecified atom stereocenters. The number of phenolic OH excluding ortho intramolecular Hbond substituents is 1. The molecule has 3 nitrogen and oxygen atoms in total. The number of amides is 1. The third-order valence-corrected chi connectivity index (χ3v) is 2.98. The molecule has 2 N–H and O–H groups in total. The van der Waals surface area contributed by atoms with E-state index >= 15 is 0 Å². The molecule has 0 radical (unpaired) electrons. The zero-order chi connectivity index (χ0) is 15.6. The summed E-state index contributed by atoms with van der Waals surface area (Å²) in [7, 11) is 0. The minimum Gasteiger partial charge on any atom is -0.508 e. The van der Waals surface area contributed by atoms with E-state index in [2.05, 4.69) is 5.32 Å². The molecule has 2 aromatic rings. The van der Waals surface area contributed by atoms with Gasteiger partial charge in [-0.2, -0.15) is 13.2 Å². The third-order valence-electron chi connectivity index (χ3n) is 2.65. The number of carbonyl (C=O) groups excluding carboxylic acids is 1. The second-order valence-corrected chi connectivity index (χ2v) is 4.60. The Morgan fingerprint density at radius 2 is 1.86 bits per heavy atom. The molecule has 7 heteroatoms. The van der Waals surface area contributed by atoms with Crippen LogP contribution in [0.1, 0.15) is 15.9 Å². The first-order valence-corrected chi connectivity index (χ1v) is 6.12. The number of halogens is 4. The molecule has 0 aliphatic rings. The van der Waals surface area contributed by atoms with Crippen LogP contribution in [0.5, 0.6) is 5.75 Å². The predicted molar refractivity (Wildman–Crippen MR) is 72.5 cm³/mol. The fourth-order valence-electron chi connectivity index (χ4n) is 1.64. The summed E-state index contributed by atoms with van der Waals surface area (Å²) in [5, 5.41) is 11.5. The molecule has 0 fully saturated rings. The van der Waals surface area contributed by atoms with E-state index in [0.29, 0.717) is 0 Å². The van der Waals surface area contributed by atoms with Crippen molar-refractivity contribution in [3.63, 3.8) is 0 Å². The highest BCUT2D eigenvalue weighted by molar-refractivity contribution is 6.34. The number of anilines is 1. The summed E-state index contributed by atoms with van der Waals surface area (Å²) in [5.41, 5.74) is -0.971. The van der Waals surface area contributed by atoms with Gasteiger partial charge in [-0.1, -0.05) is 17.7 Å². The maximum absolute atomic E-state index is 12.6. The van der Waals surface area contributed by atoms with E-state index in [4.69, 9.17) is 11.6 Å². The van der Waals surface area contributed by atoms with Crippen molar-refractivity contribution in [2.45, 2.75) is 6.18 Å². The third kappa shape index (κ3) is 3.66. The number of benzene rings is 2. The van der Waals surface area contributed by atoms with E-state index in [0.717, 1.165) is 18.2 Å². The van der Waals surface area contributed by atoms with Crippen molar-refractivity contribution in [3.8, 4) is 5.75 Å². The normalized spacial score (nSPS) is 11.2. The summed E-state index contributed by atoms with van der Waals surface area (Å²) in [4.78, 5) is 11.9. The van der Waals surface area contributed by atoms with E-state index in [9.17, 15) is 23.1 Å². The molecule has 0 spiro atoms. The van der Waals surface area contributed by atoms with Gasteiger partial charge in [0.25, 0.3) is 5.91 Å². The molecule has 0 bridgehead atoms. The van der Waals surface area contributed by atoms with Crippen molar-refractivity contribution in [2.24, 2.45) is 0 Å². The van der Waals surface area contributed by atoms with Crippen LogP contribution in [0, 0.1) is 0 Å². The van der Waals surface area contributed by atoms with E-state index in [1.165, 1.54) is 24.3 Å². The average molecular weight is 316 g/mol. The average Bonchev–Trinajstić information content (AvgIpc) is 2.40. The Kier molecular flexibility index (Phi) is 4.09. The van der Waals surface area contributed by atoms with E-state index in [1.54, 1.807) is 0 Å². The van der Waals surface area contributed by atoms with Crippen molar-refractivity contribution in [1.29, 1.82) is 0 Å². The molecule has 2 rings (SSSR count). The SMILES string of the molecule is O=C(Nc1cc(C(F)(F)F)ccc1Cl)c1cccc(O)c1. The van der Waals surface area contributed by atoms with Crippen molar-refractivity contribution in [3.05, 3.63) is 58.6 Å². The van der Waals surface area contributed by atoms with E-state index < -0.39 is 17.6 Å². The molecule has 110 valence electrons. The molecule has 0 aliphatic heterocycles. The van der Waals surface area contributed by atoms with Crippen LogP contribution in [0.25, 0.3) is 0 Å². The van der Waals surface area contributed by atoms with Crippen LogP contribution in [-0.2, 0) is 6.18 Å². The summed E-state index contributed by atoms with van der Waals surface area (Å²) in [6, 6.07) is 8.05. The summed E-state index contributed by atoms with van der Waals surface area (Å²) >= 11 is 5.78. The topological polar surface area (TPSA) is 49.3 Å². The van der Waals surface area contributed by atoms with Gasteiger partial charge in [0, 0.05) is 5.56 Å². The molecule has 0 aliphatic carbocycles. The van der Waals surface area contributed by atoms with Gasteiger partial charge in [-0.25, -0.2) is 0 Å². The Morgan fingerprint density at radius 3 is 2.48 bits per heavy atom. The van der Waals surface area contributed by atoms with E-state index in [1.807, 2.05) is 0 Å². The second kappa shape index (κ2) is 5.65. The van der Waals surface area contributed by atoms with Crippen molar-refractivity contribution >= 4 is 23.2 Å². The lowest BCUT2D eigenvalue weighted by atomic mass is 10.1. The minimum atomic E-state index is -4.53. The fraction of sp³-hybridized carbons (Fsp3) is 0.0714. The lowest BCUT2D eigenvalue weighted by Crippen LogP contribution is -2.13. The molecular formula is C14H9ClF3NO2. The quantitative estimate of drug-likeness (QED) is 0.867. The molecular weight excluding hydrogens is 307 g/mol. The van der Waals surface area contributed by atoms with Gasteiger partial charge in [0.05, 0.1) is 16.3 Å². The predicted octanol–water partition coefficient (Wildman–Crippen LogP) is 4.32. The van der Waals surface area contributed by atoms with Crippen molar-refractivity contribution < 1.29 is 23.1 Å². The minimum absolute atomic E-state index is 0.0171. The Morgan fingerprint density at radius 1 is 1.14 bits per heavy atom. The summed E-state index contributed by atoms with van der Waals surface area (Å²) in [5.74, 6) is -0.801. The highest BCUT2D eigenvalue weighted by Gasteiger charge is 2.31. The Labute approximate surface area is 123 Å². The van der Waals surface area contributed by atoms with Gasteiger partial charge < -0.3 is 10.4 Å². The van der Waals surface area contributed by atoms with Crippen LogP contribution in [-0.4, -0.2) is 11.0 Å². The second-order valence-electron chi connectivity index (χ2n) is 4.20. The molecule has 0 heterocycles.